The summed E-state index contributed by atoms with van der Waals surface area (Å²) in [6.07, 6.45) is -3.16. The number of imidazole rings is 1. The van der Waals surface area contributed by atoms with Gasteiger partial charge in [-0.3, -0.25) is 14.7 Å². The smallest absolute Gasteiger partial charge is 0.430 e. The molecule has 9 nitrogen and oxygen atoms in total. The van der Waals surface area contributed by atoms with Gasteiger partial charge in [0.15, 0.2) is 15.7 Å². The number of fused-ring (bicyclic) bond motifs is 1. The number of halogens is 3. The van der Waals surface area contributed by atoms with Gasteiger partial charge in [-0.2, -0.15) is 13.2 Å². The third-order valence-corrected chi connectivity index (χ3v) is 8.28. The molecular formula is C26H25F3N4O5S. The van der Waals surface area contributed by atoms with Crippen molar-refractivity contribution in [3.05, 3.63) is 53.0 Å². The van der Waals surface area contributed by atoms with Crippen molar-refractivity contribution in [1.82, 2.24) is 19.9 Å². The number of nitrogens with one attached hydrogen (secondary N) is 1. The molecule has 2 atom stereocenters. The van der Waals surface area contributed by atoms with Crippen LogP contribution in [0.1, 0.15) is 53.3 Å². The normalized spacial score (nSPS) is 18.3. The van der Waals surface area contributed by atoms with Crippen LogP contribution in [0.25, 0.3) is 22.6 Å². The molecule has 0 spiro atoms. The molecule has 1 unspecified atom stereocenters. The monoisotopic (exact) mass is 562 g/mol. The molecule has 3 aromatic rings. The molecule has 2 aliphatic rings. The Morgan fingerprint density at radius 3 is 2.44 bits per heavy atom. The SMILES string of the molecule is Cc1nc(-c2cc(-c3cc4c(c(S(C)(=O)=O)c3)C(=O)N([C@@H](C)C3CC3)C4OC(=O)C(F)(F)F)ccn2)[nH]c1C. The maximum absolute atomic E-state index is 13.6. The number of pyridine rings is 1. The van der Waals surface area contributed by atoms with Gasteiger partial charge in [0.25, 0.3) is 5.91 Å². The third-order valence-electron chi connectivity index (χ3n) is 7.16. The van der Waals surface area contributed by atoms with E-state index in [9.17, 15) is 31.2 Å². The van der Waals surface area contributed by atoms with Crippen LogP contribution >= 0.6 is 0 Å². The highest BCUT2D eigenvalue weighted by Crippen LogP contribution is 2.46. The van der Waals surface area contributed by atoms with E-state index >= 15 is 0 Å². The molecule has 0 saturated heterocycles. The summed E-state index contributed by atoms with van der Waals surface area (Å²) in [5.41, 5.74) is 2.41. The molecule has 1 N–H and O–H groups in total. The highest BCUT2D eigenvalue weighted by molar-refractivity contribution is 7.90. The highest BCUT2D eigenvalue weighted by atomic mass is 32.2. The molecule has 5 rings (SSSR count). The molecule has 1 fully saturated rings. The van der Waals surface area contributed by atoms with Gasteiger partial charge >= 0.3 is 12.1 Å². The second-order valence-corrected chi connectivity index (χ2v) is 12.0. The minimum atomic E-state index is -5.31. The number of amides is 1. The number of esters is 1. The van der Waals surface area contributed by atoms with Gasteiger partial charge in [-0.05, 0) is 74.9 Å². The van der Waals surface area contributed by atoms with Gasteiger partial charge in [-0.1, -0.05) is 0 Å². The summed E-state index contributed by atoms with van der Waals surface area (Å²) in [6.45, 7) is 5.33. The molecule has 3 heterocycles. The summed E-state index contributed by atoms with van der Waals surface area (Å²) in [4.78, 5) is 38.1. The van der Waals surface area contributed by atoms with E-state index in [-0.39, 0.29) is 21.9 Å². The molecular weight excluding hydrogens is 537 g/mol. The number of carbonyl (C=O) groups excluding carboxylic acids is 2. The predicted molar refractivity (Wildman–Crippen MR) is 133 cm³/mol. The fourth-order valence-electron chi connectivity index (χ4n) is 4.81. The number of aromatic nitrogens is 3. The minimum absolute atomic E-state index is 0.000490. The quantitative estimate of drug-likeness (QED) is 0.439. The predicted octanol–water partition coefficient (Wildman–Crippen LogP) is 4.52. The maximum atomic E-state index is 13.6. The van der Waals surface area contributed by atoms with Crippen molar-refractivity contribution in [2.75, 3.05) is 6.26 Å². The number of sulfone groups is 1. The molecule has 0 radical (unpaired) electrons. The first-order valence-corrected chi connectivity index (χ1v) is 14.0. The number of aryl methyl sites for hydroxylation is 2. The van der Waals surface area contributed by atoms with E-state index in [4.69, 9.17) is 4.74 Å². The van der Waals surface area contributed by atoms with Gasteiger partial charge in [0.05, 0.1) is 16.2 Å². The number of H-pyrrole nitrogens is 1. The topological polar surface area (TPSA) is 122 Å². The van der Waals surface area contributed by atoms with E-state index in [2.05, 4.69) is 15.0 Å². The molecule has 1 amide bonds. The maximum Gasteiger partial charge on any atom is 0.491 e. The number of nitrogens with zero attached hydrogens (tertiary/aromatic N) is 3. The number of rotatable bonds is 6. The molecule has 206 valence electrons. The third kappa shape index (κ3) is 4.90. The van der Waals surface area contributed by atoms with E-state index in [1.807, 2.05) is 13.8 Å². The van der Waals surface area contributed by atoms with Crippen molar-refractivity contribution < 1.29 is 35.9 Å². The first-order chi connectivity index (χ1) is 18.2. The Kier molecular flexibility index (Phi) is 6.32. The van der Waals surface area contributed by atoms with Crippen molar-refractivity contribution in [2.45, 2.75) is 57.0 Å². The molecule has 1 aliphatic heterocycles. The Labute approximate surface area is 222 Å². The summed E-state index contributed by atoms with van der Waals surface area (Å²) in [5, 5.41) is 0. The Morgan fingerprint density at radius 1 is 1.18 bits per heavy atom. The fraction of sp³-hybridized carbons (Fsp3) is 0.385. The fourth-order valence-corrected chi connectivity index (χ4v) is 5.72. The molecule has 0 bridgehead atoms. The lowest BCUT2D eigenvalue weighted by Gasteiger charge is -2.31. The Balaban J connectivity index is 1.69. The van der Waals surface area contributed by atoms with Crippen molar-refractivity contribution in [3.8, 4) is 22.6 Å². The summed E-state index contributed by atoms with van der Waals surface area (Å²) < 4.78 is 70.3. The number of carbonyl (C=O) groups is 2. The van der Waals surface area contributed by atoms with E-state index < -0.39 is 40.2 Å². The zero-order chi connectivity index (χ0) is 28.4. The van der Waals surface area contributed by atoms with Gasteiger partial charge in [0, 0.05) is 29.8 Å². The first kappa shape index (κ1) is 26.9. The second kappa shape index (κ2) is 9.18. The van der Waals surface area contributed by atoms with Crippen molar-refractivity contribution in [1.29, 1.82) is 0 Å². The van der Waals surface area contributed by atoms with E-state index in [1.54, 1.807) is 19.1 Å². The summed E-state index contributed by atoms with van der Waals surface area (Å²) in [6, 6.07) is 5.36. The van der Waals surface area contributed by atoms with E-state index in [0.717, 1.165) is 35.4 Å². The number of aromatic amines is 1. The molecule has 1 aliphatic carbocycles. The van der Waals surface area contributed by atoms with Crippen LogP contribution in [0.5, 0.6) is 0 Å². The molecule has 39 heavy (non-hydrogen) atoms. The van der Waals surface area contributed by atoms with Crippen LogP contribution in [0.4, 0.5) is 13.2 Å². The number of benzene rings is 1. The van der Waals surface area contributed by atoms with Crippen LogP contribution < -0.4 is 0 Å². The molecule has 1 aromatic carbocycles. The standard InChI is InChI=1S/C26H25F3N4O5S/c1-12-13(2)32-22(31-12)19-10-16(7-8-30-19)17-9-18-21(20(11-17)39(4,36)37)23(34)33(14(3)15-5-6-15)24(18)38-25(35)26(27,28)29/h7-11,14-15,24H,5-6H2,1-4H3,(H,31,32)/t14-,24?/m0/s1. The Morgan fingerprint density at radius 2 is 1.87 bits per heavy atom. The van der Waals surface area contributed by atoms with Crippen LogP contribution in [-0.2, 0) is 19.4 Å². The average molecular weight is 563 g/mol. The van der Waals surface area contributed by atoms with Crippen LogP contribution in [0, 0.1) is 19.8 Å². The molecule has 13 heteroatoms. The van der Waals surface area contributed by atoms with Crippen LogP contribution in [0.2, 0.25) is 0 Å². The molecule has 1 saturated carbocycles. The van der Waals surface area contributed by atoms with E-state index in [1.165, 1.54) is 18.3 Å². The Bertz CT molecular complexity index is 1590. The first-order valence-electron chi connectivity index (χ1n) is 12.1. The highest BCUT2D eigenvalue weighted by Gasteiger charge is 2.51. The number of hydrogen-bond donors (Lipinski definition) is 1. The number of ether oxygens (including phenoxy) is 1. The Hall–Kier alpha value is -3.74. The average Bonchev–Trinajstić information content (AvgIpc) is 3.60. The lowest BCUT2D eigenvalue weighted by atomic mass is 9.99. The minimum Gasteiger partial charge on any atom is -0.430 e. The van der Waals surface area contributed by atoms with Gasteiger partial charge in [0.2, 0.25) is 6.23 Å². The summed E-state index contributed by atoms with van der Waals surface area (Å²) in [7, 11) is -4.03. The van der Waals surface area contributed by atoms with Crippen molar-refractivity contribution in [2.24, 2.45) is 5.92 Å². The van der Waals surface area contributed by atoms with Gasteiger partial charge in [-0.25, -0.2) is 18.2 Å². The van der Waals surface area contributed by atoms with Gasteiger partial charge < -0.3 is 9.72 Å². The lowest BCUT2D eigenvalue weighted by molar-refractivity contribution is -0.212. The van der Waals surface area contributed by atoms with Gasteiger partial charge in [0.1, 0.15) is 5.69 Å². The number of alkyl halides is 3. The van der Waals surface area contributed by atoms with Crippen molar-refractivity contribution >= 4 is 21.7 Å². The summed E-state index contributed by atoms with van der Waals surface area (Å²) in [5.74, 6) is -2.79. The molecule has 2 aromatic heterocycles. The van der Waals surface area contributed by atoms with E-state index in [0.29, 0.717) is 22.6 Å². The van der Waals surface area contributed by atoms with Crippen LogP contribution in [-0.4, -0.2) is 58.6 Å². The lowest BCUT2D eigenvalue weighted by Crippen LogP contribution is -2.41. The zero-order valence-corrected chi connectivity index (χ0v) is 22.3. The van der Waals surface area contributed by atoms with Crippen LogP contribution in [0.15, 0.2) is 35.4 Å². The van der Waals surface area contributed by atoms with Gasteiger partial charge in [-0.15, -0.1) is 0 Å². The summed E-state index contributed by atoms with van der Waals surface area (Å²) >= 11 is 0. The number of hydrogen-bond acceptors (Lipinski definition) is 7. The zero-order valence-electron chi connectivity index (χ0n) is 21.5. The second-order valence-electron chi connectivity index (χ2n) is 9.98. The largest absolute Gasteiger partial charge is 0.491 e. The van der Waals surface area contributed by atoms with Crippen molar-refractivity contribution in [3.63, 3.8) is 0 Å². The van der Waals surface area contributed by atoms with Crippen LogP contribution in [0.3, 0.4) is 0 Å².